The molecule has 2 rings (SSSR count). The van der Waals surface area contributed by atoms with Gasteiger partial charge in [-0.25, -0.2) is 0 Å². The molecule has 0 unspecified atom stereocenters. The van der Waals surface area contributed by atoms with Crippen LogP contribution < -0.4 is 10.1 Å². The van der Waals surface area contributed by atoms with E-state index in [1.54, 1.807) is 13.2 Å². The third-order valence-electron chi connectivity index (χ3n) is 3.28. The number of carbonyl (C=O) groups excluding carboxylic acids is 1. The molecule has 3 nitrogen and oxygen atoms in total. The van der Waals surface area contributed by atoms with Gasteiger partial charge in [0.2, 0.25) is 5.91 Å². The Kier molecular flexibility index (Phi) is 5.61. The highest BCUT2D eigenvalue weighted by Gasteiger charge is 2.07. The normalized spacial score (nSPS) is 12.1. The summed E-state index contributed by atoms with van der Waals surface area (Å²) in [5.74, 6) is 0.575. The standard InChI is InChI=1S/C18H18ClNO2/c1-13(14-7-10-16(19)11-8-14)20-18(21)12-9-15-5-3-4-6-17(15)22-2/h3-13H,1-2H3,(H,20,21)/b12-9+/t13-/m0/s1. The number of halogens is 1. The van der Waals surface area contributed by atoms with Gasteiger partial charge in [-0.05, 0) is 36.8 Å². The highest BCUT2D eigenvalue weighted by molar-refractivity contribution is 6.30. The molecule has 0 saturated carbocycles. The predicted octanol–water partition coefficient (Wildman–Crippen LogP) is 4.24. The average Bonchev–Trinajstić information content (AvgIpc) is 2.53. The molecule has 0 aliphatic rings. The van der Waals surface area contributed by atoms with Crippen molar-refractivity contribution in [2.75, 3.05) is 7.11 Å². The van der Waals surface area contributed by atoms with E-state index in [2.05, 4.69) is 5.32 Å². The van der Waals surface area contributed by atoms with Gasteiger partial charge in [0.1, 0.15) is 5.75 Å². The molecule has 0 heterocycles. The monoisotopic (exact) mass is 315 g/mol. The van der Waals surface area contributed by atoms with E-state index in [1.165, 1.54) is 6.08 Å². The van der Waals surface area contributed by atoms with E-state index >= 15 is 0 Å². The number of benzene rings is 2. The minimum Gasteiger partial charge on any atom is -0.496 e. The zero-order chi connectivity index (χ0) is 15.9. The average molecular weight is 316 g/mol. The maximum Gasteiger partial charge on any atom is 0.244 e. The molecule has 0 fully saturated rings. The summed E-state index contributed by atoms with van der Waals surface area (Å²) < 4.78 is 5.24. The highest BCUT2D eigenvalue weighted by Crippen LogP contribution is 2.19. The number of nitrogens with one attached hydrogen (secondary N) is 1. The first-order valence-corrected chi connectivity index (χ1v) is 7.35. The van der Waals surface area contributed by atoms with Gasteiger partial charge < -0.3 is 10.1 Å². The Morgan fingerprint density at radius 1 is 1.18 bits per heavy atom. The predicted molar refractivity (Wildman–Crippen MR) is 90.0 cm³/mol. The second-order valence-corrected chi connectivity index (χ2v) is 5.29. The molecule has 0 saturated heterocycles. The summed E-state index contributed by atoms with van der Waals surface area (Å²) in [7, 11) is 1.61. The molecule has 0 radical (unpaired) electrons. The Morgan fingerprint density at radius 3 is 2.55 bits per heavy atom. The number of carbonyl (C=O) groups is 1. The lowest BCUT2D eigenvalue weighted by atomic mass is 10.1. The number of rotatable bonds is 5. The van der Waals surface area contributed by atoms with Crippen LogP contribution in [0.25, 0.3) is 6.08 Å². The highest BCUT2D eigenvalue weighted by atomic mass is 35.5. The Morgan fingerprint density at radius 2 is 1.86 bits per heavy atom. The van der Waals surface area contributed by atoms with Gasteiger partial charge in [0.05, 0.1) is 13.2 Å². The van der Waals surface area contributed by atoms with E-state index in [4.69, 9.17) is 16.3 Å². The molecule has 1 N–H and O–H groups in total. The van der Waals surface area contributed by atoms with Crippen molar-refractivity contribution in [3.8, 4) is 5.75 Å². The van der Waals surface area contributed by atoms with Crippen molar-refractivity contribution in [1.29, 1.82) is 0 Å². The molecule has 0 bridgehead atoms. The first-order valence-electron chi connectivity index (χ1n) is 6.97. The van der Waals surface area contributed by atoms with Crippen LogP contribution in [-0.2, 0) is 4.79 Å². The third-order valence-corrected chi connectivity index (χ3v) is 3.53. The number of amides is 1. The van der Waals surface area contributed by atoms with Crippen LogP contribution in [0.5, 0.6) is 5.75 Å². The Labute approximate surface area is 135 Å². The molecule has 2 aromatic rings. The molecular formula is C18H18ClNO2. The molecule has 2 aromatic carbocycles. The molecule has 0 spiro atoms. The maximum atomic E-state index is 12.0. The van der Waals surface area contributed by atoms with Gasteiger partial charge in [0, 0.05) is 16.7 Å². The number of ether oxygens (including phenoxy) is 1. The first-order chi connectivity index (χ1) is 10.6. The summed E-state index contributed by atoms with van der Waals surface area (Å²) in [6.07, 6.45) is 3.24. The van der Waals surface area contributed by atoms with Crippen LogP contribution in [0.2, 0.25) is 5.02 Å². The van der Waals surface area contributed by atoms with Gasteiger partial charge in [-0.1, -0.05) is 41.9 Å². The van der Waals surface area contributed by atoms with Crippen molar-refractivity contribution in [3.05, 3.63) is 70.8 Å². The van der Waals surface area contributed by atoms with Crippen LogP contribution in [0.15, 0.2) is 54.6 Å². The van der Waals surface area contributed by atoms with Crippen LogP contribution in [0.3, 0.4) is 0 Å². The Balaban J connectivity index is 2.00. The Bertz CT molecular complexity index is 665. The molecule has 0 aromatic heterocycles. The second kappa shape index (κ2) is 7.66. The van der Waals surface area contributed by atoms with Gasteiger partial charge in [-0.15, -0.1) is 0 Å². The molecule has 22 heavy (non-hydrogen) atoms. The zero-order valence-corrected chi connectivity index (χ0v) is 13.3. The minimum absolute atomic E-state index is 0.0907. The molecule has 1 amide bonds. The quantitative estimate of drug-likeness (QED) is 0.838. The van der Waals surface area contributed by atoms with Gasteiger partial charge in [-0.3, -0.25) is 4.79 Å². The zero-order valence-electron chi connectivity index (χ0n) is 12.5. The first kappa shape index (κ1) is 16.1. The van der Waals surface area contributed by atoms with Crippen LogP contribution in [-0.4, -0.2) is 13.0 Å². The SMILES string of the molecule is COc1ccccc1/C=C/C(=O)N[C@@H](C)c1ccc(Cl)cc1. The van der Waals surface area contributed by atoms with Crippen LogP contribution in [0.4, 0.5) is 0 Å². The maximum absolute atomic E-state index is 12.0. The van der Waals surface area contributed by atoms with E-state index in [1.807, 2.05) is 55.5 Å². The fourth-order valence-electron chi connectivity index (χ4n) is 2.07. The van der Waals surface area contributed by atoms with Gasteiger partial charge in [0.25, 0.3) is 0 Å². The van der Waals surface area contributed by atoms with Crippen molar-refractivity contribution in [2.24, 2.45) is 0 Å². The van der Waals surface area contributed by atoms with E-state index in [0.717, 1.165) is 16.9 Å². The number of hydrogen-bond acceptors (Lipinski definition) is 2. The molecule has 114 valence electrons. The summed E-state index contributed by atoms with van der Waals surface area (Å²) >= 11 is 5.86. The summed E-state index contributed by atoms with van der Waals surface area (Å²) in [4.78, 5) is 12.0. The summed E-state index contributed by atoms with van der Waals surface area (Å²) in [5, 5.41) is 3.59. The fraction of sp³-hybridized carbons (Fsp3) is 0.167. The molecule has 0 aliphatic carbocycles. The van der Waals surface area contributed by atoms with E-state index in [-0.39, 0.29) is 11.9 Å². The van der Waals surface area contributed by atoms with E-state index in [9.17, 15) is 4.79 Å². The number of methoxy groups -OCH3 is 1. The lowest BCUT2D eigenvalue weighted by molar-refractivity contribution is -0.117. The van der Waals surface area contributed by atoms with Gasteiger partial charge >= 0.3 is 0 Å². The second-order valence-electron chi connectivity index (χ2n) is 4.86. The number of para-hydroxylation sites is 1. The minimum atomic E-state index is -0.159. The van der Waals surface area contributed by atoms with Crippen LogP contribution >= 0.6 is 11.6 Å². The van der Waals surface area contributed by atoms with Crippen molar-refractivity contribution in [2.45, 2.75) is 13.0 Å². The summed E-state index contributed by atoms with van der Waals surface area (Å²) in [5.41, 5.74) is 1.86. The lowest BCUT2D eigenvalue weighted by Gasteiger charge is -2.13. The van der Waals surface area contributed by atoms with Crippen molar-refractivity contribution in [1.82, 2.24) is 5.32 Å². The third kappa shape index (κ3) is 4.37. The molecular weight excluding hydrogens is 298 g/mol. The molecule has 0 aliphatic heterocycles. The fourth-order valence-corrected chi connectivity index (χ4v) is 2.19. The number of hydrogen-bond donors (Lipinski definition) is 1. The lowest BCUT2D eigenvalue weighted by Crippen LogP contribution is -2.24. The van der Waals surface area contributed by atoms with Crippen LogP contribution in [0.1, 0.15) is 24.1 Å². The summed E-state index contributed by atoms with van der Waals surface area (Å²) in [6.45, 7) is 1.93. The van der Waals surface area contributed by atoms with Crippen LogP contribution in [0, 0.1) is 0 Å². The smallest absolute Gasteiger partial charge is 0.244 e. The summed E-state index contributed by atoms with van der Waals surface area (Å²) in [6, 6.07) is 14.9. The Hall–Kier alpha value is -2.26. The largest absolute Gasteiger partial charge is 0.496 e. The van der Waals surface area contributed by atoms with Crippen molar-refractivity contribution >= 4 is 23.6 Å². The van der Waals surface area contributed by atoms with Crippen molar-refractivity contribution in [3.63, 3.8) is 0 Å². The topological polar surface area (TPSA) is 38.3 Å². The van der Waals surface area contributed by atoms with Gasteiger partial charge in [0.15, 0.2) is 0 Å². The van der Waals surface area contributed by atoms with Gasteiger partial charge in [-0.2, -0.15) is 0 Å². The van der Waals surface area contributed by atoms with E-state index in [0.29, 0.717) is 5.02 Å². The molecule has 4 heteroatoms. The molecule has 1 atom stereocenters. The van der Waals surface area contributed by atoms with E-state index < -0.39 is 0 Å². The van der Waals surface area contributed by atoms with Crippen molar-refractivity contribution < 1.29 is 9.53 Å².